The lowest BCUT2D eigenvalue weighted by atomic mass is 9.83. The van der Waals surface area contributed by atoms with E-state index in [1.54, 1.807) is 0 Å². The summed E-state index contributed by atoms with van der Waals surface area (Å²) in [7, 11) is 0. The summed E-state index contributed by atoms with van der Waals surface area (Å²) in [6.45, 7) is 7.30. The summed E-state index contributed by atoms with van der Waals surface area (Å²) in [6.07, 6.45) is 7.70. The molecule has 1 atom stereocenters. The molecule has 2 fully saturated rings. The molecule has 1 N–H and O–H groups in total. The van der Waals surface area contributed by atoms with Crippen molar-refractivity contribution in [2.75, 3.05) is 6.54 Å². The molecule has 1 heterocycles. The van der Waals surface area contributed by atoms with E-state index in [1.807, 2.05) is 0 Å². The Morgan fingerprint density at radius 3 is 2.50 bits per heavy atom. The quantitative estimate of drug-likeness (QED) is 0.834. The Balaban J connectivity index is 1.95. The minimum Gasteiger partial charge on any atom is -0.323 e. The fourth-order valence-electron chi connectivity index (χ4n) is 3.50. The molecule has 1 saturated carbocycles. The van der Waals surface area contributed by atoms with E-state index in [1.165, 1.54) is 32.1 Å². The van der Waals surface area contributed by atoms with Crippen molar-refractivity contribution in [3.05, 3.63) is 0 Å². The molecule has 1 aliphatic heterocycles. The normalized spacial score (nSPS) is 33.4. The third-order valence-electron chi connectivity index (χ3n) is 4.59. The van der Waals surface area contributed by atoms with Gasteiger partial charge in [-0.15, -0.1) is 0 Å². The monoisotopic (exact) mass is 252 g/mol. The van der Waals surface area contributed by atoms with Crippen LogP contribution in [0.25, 0.3) is 0 Å². The van der Waals surface area contributed by atoms with Gasteiger partial charge in [-0.1, -0.05) is 27.2 Å². The zero-order valence-electron chi connectivity index (χ0n) is 12.1. The zero-order valence-corrected chi connectivity index (χ0v) is 12.1. The van der Waals surface area contributed by atoms with E-state index >= 15 is 0 Å². The Kier molecular flexibility index (Phi) is 4.66. The molecule has 3 nitrogen and oxygen atoms in total. The summed E-state index contributed by atoms with van der Waals surface area (Å²) in [5.41, 5.74) is 0. The number of amides is 1. The lowest BCUT2D eigenvalue weighted by Crippen LogP contribution is -2.46. The van der Waals surface area contributed by atoms with Gasteiger partial charge in [0.2, 0.25) is 5.91 Å². The maximum Gasteiger partial charge on any atom is 0.238 e. The highest BCUT2D eigenvalue weighted by atomic mass is 16.2. The van der Waals surface area contributed by atoms with Crippen molar-refractivity contribution in [1.29, 1.82) is 0 Å². The summed E-state index contributed by atoms with van der Waals surface area (Å²) < 4.78 is 0. The lowest BCUT2D eigenvalue weighted by molar-refractivity contribution is -0.131. The Morgan fingerprint density at radius 2 is 1.94 bits per heavy atom. The molecule has 1 saturated heterocycles. The van der Waals surface area contributed by atoms with Gasteiger partial charge in [-0.3, -0.25) is 10.1 Å². The molecule has 2 rings (SSSR count). The van der Waals surface area contributed by atoms with Crippen molar-refractivity contribution in [3.8, 4) is 0 Å². The lowest BCUT2D eigenvalue weighted by Gasteiger charge is -2.38. The summed E-state index contributed by atoms with van der Waals surface area (Å²) in [5, 5.41) is 3.39. The molecular formula is C15H28N2O. The van der Waals surface area contributed by atoms with E-state index in [9.17, 15) is 4.79 Å². The molecule has 0 spiro atoms. The predicted molar refractivity (Wildman–Crippen MR) is 74.1 cm³/mol. The molecule has 0 aromatic heterocycles. The standard InChI is InChI=1S/C15H28N2O/c1-4-12-5-7-13(8-6-12)17-14(9-11(2)3)16-10-15(17)18/h11-14,16H,4-10H2,1-3H3. The van der Waals surface area contributed by atoms with E-state index in [2.05, 4.69) is 31.0 Å². The van der Waals surface area contributed by atoms with Gasteiger partial charge >= 0.3 is 0 Å². The molecule has 0 aromatic rings. The van der Waals surface area contributed by atoms with Crippen LogP contribution in [-0.2, 0) is 4.79 Å². The predicted octanol–water partition coefficient (Wildman–Crippen LogP) is 2.76. The van der Waals surface area contributed by atoms with Gasteiger partial charge in [-0.05, 0) is 43.9 Å². The van der Waals surface area contributed by atoms with Crippen molar-refractivity contribution in [3.63, 3.8) is 0 Å². The third-order valence-corrected chi connectivity index (χ3v) is 4.59. The molecule has 1 amide bonds. The Morgan fingerprint density at radius 1 is 1.28 bits per heavy atom. The van der Waals surface area contributed by atoms with Gasteiger partial charge in [0.05, 0.1) is 12.7 Å². The average Bonchev–Trinajstić information content (AvgIpc) is 2.70. The minimum absolute atomic E-state index is 0.292. The number of nitrogens with one attached hydrogen (secondary N) is 1. The number of hydrogen-bond donors (Lipinski definition) is 1. The van der Waals surface area contributed by atoms with Gasteiger partial charge in [0.15, 0.2) is 0 Å². The van der Waals surface area contributed by atoms with Gasteiger partial charge < -0.3 is 4.90 Å². The zero-order chi connectivity index (χ0) is 13.1. The molecule has 2 aliphatic rings. The first-order chi connectivity index (χ1) is 8.61. The maximum absolute atomic E-state index is 12.1. The first kappa shape index (κ1) is 13.9. The molecule has 1 aliphatic carbocycles. The molecule has 18 heavy (non-hydrogen) atoms. The highest BCUT2D eigenvalue weighted by Gasteiger charge is 2.37. The molecule has 0 aromatic carbocycles. The van der Waals surface area contributed by atoms with Gasteiger partial charge in [0.25, 0.3) is 0 Å². The van der Waals surface area contributed by atoms with E-state index in [-0.39, 0.29) is 0 Å². The van der Waals surface area contributed by atoms with Crippen molar-refractivity contribution < 1.29 is 4.79 Å². The van der Waals surface area contributed by atoms with Crippen molar-refractivity contribution in [2.45, 2.75) is 71.5 Å². The molecule has 104 valence electrons. The number of nitrogens with zero attached hydrogens (tertiary/aromatic N) is 1. The Bertz CT molecular complexity index is 282. The highest BCUT2D eigenvalue weighted by Crippen LogP contribution is 2.32. The van der Waals surface area contributed by atoms with Crippen LogP contribution in [0.2, 0.25) is 0 Å². The molecule has 1 unspecified atom stereocenters. The second kappa shape index (κ2) is 6.05. The van der Waals surface area contributed by atoms with Gasteiger partial charge in [0, 0.05) is 6.04 Å². The molecule has 0 bridgehead atoms. The van der Waals surface area contributed by atoms with E-state index in [4.69, 9.17) is 0 Å². The fourth-order valence-corrected chi connectivity index (χ4v) is 3.50. The van der Waals surface area contributed by atoms with Crippen molar-refractivity contribution >= 4 is 5.91 Å². The summed E-state index contributed by atoms with van der Waals surface area (Å²) in [6, 6.07) is 0.499. The average molecular weight is 252 g/mol. The van der Waals surface area contributed by atoms with Crippen LogP contribution in [0.15, 0.2) is 0 Å². The van der Waals surface area contributed by atoms with Gasteiger partial charge in [0.1, 0.15) is 0 Å². The first-order valence-electron chi connectivity index (χ1n) is 7.66. The third kappa shape index (κ3) is 3.05. The van der Waals surface area contributed by atoms with E-state index < -0.39 is 0 Å². The summed E-state index contributed by atoms with van der Waals surface area (Å²) >= 11 is 0. The number of carbonyl (C=O) groups is 1. The smallest absolute Gasteiger partial charge is 0.238 e. The second-order valence-electron chi connectivity index (χ2n) is 6.41. The van der Waals surface area contributed by atoms with Crippen LogP contribution >= 0.6 is 0 Å². The van der Waals surface area contributed by atoms with Crippen LogP contribution in [0.5, 0.6) is 0 Å². The van der Waals surface area contributed by atoms with Crippen LogP contribution in [0.3, 0.4) is 0 Å². The van der Waals surface area contributed by atoms with Crippen molar-refractivity contribution in [2.24, 2.45) is 11.8 Å². The number of rotatable bonds is 4. The number of hydrogen-bond acceptors (Lipinski definition) is 2. The fraction of sp³-hybridized carbons (Fsp3) is 0.933. The largest absolute Gasteiger partial charge is 0.323 e. The summed E-state index contributed by atoms with van der Waals surface area (Å²) in [4.78, 5) is 14.3. The van der Waals surface area contributed by atoms with Crippen LogP contribution < -0.4 is 5.32 Å². The van der Waals surface area contributed by atoms with E-state index in [0.29, 0.717) is 30.6 Å². The molecule has 0 radical (unpaired) electrons. The number of carbonyl (C=O) groups excluding carboxylic acids is 1. The first-order valence-corrected chi connectivity index (χ1v) is 7.66. The van der Waals surface area contributed by atoms with Crippen LogP contribution in [0.1, 0.15) is 59.3 Å². The Labute approximate surface area is 111 Å². The van der Waals surface area contributed by atoms with Crippen LogP contribution in [0.4, 0.5) is 0 Å². The van der Waals surface area contributed by atoms with Crippen LogP contribution in [-0.4, -0.2) is 29.6 Å². The topological polar surface area (TPSA) is 32.3 Å². The molecule has 3 heteroatoms. The summed E-state index contributed by atoms with van der Waals surface area (Å²) in [5.74, 6) is 1.86. The maximum atomic E-state index is 12.1. The molecular weight excluding hydrogens is 224 g/mol. The van der Waals surface area contributed by atoms with Gasteiger partial charge in [-0.25, -0.2) is 0 Å². The van der Waals surface area contributed by atoms with Crippen LogP contribution in [0, 0.1) is 11.8 Å². The SMILES string of the molecule is CCC1CCC(N2C(=O)CNC2CC(C)C)CC1. The second-order valence-corrected chi connectivity index (χ2v) is 6.41. The Hall–Kier alpha value is -0.570. The minimum atomic E-state index is 0.292. The van der Waals surface area contributed by atoms with Gasteiger partial charge in [-0.2, -0.15) is 0 Å². The van der Waals surface area contributed by atoms with Crippen molar-refractivity contribution in [1.82, 2.24) is 10.2 Å². The highest BCUT2D eigenvalue weighted by molar-refractivity contribution is 5.81. The van der Waals surface area contributed by atoms with E-state index in [0.717, 1.165) is 12.3 Å².